The summed E-state index contributed by atoms with van der Waals surface area (Å²) in [6.45, 7) is 0. The van der Waals surface area contributed by atoms with Gasteiger partial charge < -0.3 is 15.6 Å². The number of amides is 1. The summed E-state index contributed by atoms with van der Waals surface area (Å²) in [4.78, 5) is 12.0. The van der Waals surface area contributed by atoms with Crippen LogP contribution in [0.5, 0.6) is 0 Å². The molecule has 0 saturated carbocycles. The molecule has 21 heavy (non-hydrogen) atoms. The molecule has 0 aliphatic heterocycles. The summed E-state index contributed by atoms with van der Waals surface area (Å²) in [5.74, 6) is -0.518. The number of aryl methyl sites for hydroxylation is 1. The molecule has 1 heterocycles. The number of carbonyl (C=O) groups excluding carboxylic acids is 1. The number of halogens is 4. The first-order valence-electron chi connectivity index (χ1n) is 5.78. The van der Waals surface area contributed by atoms with Crippen LogP contribution >= 0.6 is 11.6 Å². The lowest BCUT2D eigenvalue weighted by atomic mass is 10.2. The number of aromatic nitrogens is 1. The van der Waals surface area contributed by atoms with E-state index in [1.807, 2.05) is 0 Å². The van der Waals surface area contributed by atoms with Crippen LogP contribution in [0.2, 0.25) is 5.02 Å². The fourth-order valence-corrected chi connectivity index (χ4v) is 2.02. The van der Waals surface area contributed by atoms with Crippen LogP contribution in [0.3, 0.4) is 0 Å². The van der Waals surface area contributed by atoms with E-state index in [0.29, 0.717) is 5.69 Å². The highest BCUT2D eigenvalue weighted by atomic mass is 35.5. The van der Waals surface area contributed by atoms with Crippen LogP contribution in [-0.2, 0) is 13.2 Å². The standard InChI is InChI=1S/C13H11ClF3N3O/c1-20-6-8(18)5-11(20)12(21)19-10-3-2-7(4-9(10)14)13(15,16)17/h2-6H,18H2,1H3,(H,19,21). The van der Waals surface area contributed by atoms with E-state index in [9.17, 15) is 18.0 Å². The number of benzene rings is 1. The molecule has 0 bridgehead atoms. The van der Waals surface area contributed by atoms with E-state index in [2.05, 4.69) is 5.32 Å². The normalized spacial score (nSPS) is 11.5. The maximum atomic E-state index is 12.5. The second-order valence-electron chi connectivity index (χ2n) is 4.42. The Morgan fingerprint density at radius 1 is 1.33 bits per heavy atom. The molecule has 3 N–H and O–H groups in total. The number of alkyl halides is 3. The quantitative estimate of drug-likeness (QED) is 0.890. The summed E-state index contributed by atoms with van der Waals surface area (Å²) >= 11 is 5.77. The molecule has 112 valence electrons. The van der Waals surface area contributed by atoms with Crippen molar-refractivity contribution in [3.63, 3.8) is 0 Å². The van der Waals surface area contributed by atoms with Crippen LogP contribution in [0.4, 0.5) is 24.5 Å². The topological polar surface area (TPSA) is 60.0 Å². The van der Waals surface area contributed by atoms with Crippen molar-refractivity contribution in [1.82, 2.24) is 4.57 Å². The van der Waals surface area contributed by atoms with Crippen molar-refractivity contribution in [2.45, 2.75) is 6.18 Å². The smallest absolute Gasteiger partial charge is 0.397 e. The molecule has 8 heteroatoms. The summed E-state index contributed by atoms with van der Waals surface area (Å²) in [7, 11) is 1.62. The zero-order valence-corrected chi connectivity index (χ0v) is 11.6. The number of carbonyl (C=O) groups is 1. The van der Waals surface area contributed by atoms with Crippen LogP contribution in [0.15, 0.2) is 30.5 Å². The summed E-state index contributed by atoms with van der Waals surface area (Å²) in [5, 5.41) is 2.25. The van der Waals surface area contributed by atoms with Crippen molar-refractivity contribution < 1.29 is 18.0 Å². The second kappa shape index (κ2) is 5.33. The van der Waals surface area contributed by atoms with Crippen molar-refractivity contribution in [3.05, 3.63) is 46.7 Å². The Labute approximate surface area is 123 Å². The Hall–Kier alpha value is -2.15. The largest absolute Gasteiger partial charge is 0.416 e. The molecule has 0 unspecified atom stereocenters. The van der Waals surface area contributed by atoms with Gasteiger partial charge in [0.25, 0.3) is 5.91 Å². The summed E-state index contributed by atoms with van der Waals surface area (Å²) in [6, 6.07) is 4.17. The third kappa shape index (κ3) is 3.30. The molecule has 4 nitrogen and oxygen atoms in total. The van der Waals surface area contributed by atoms with E-state index in [0.717, 1.165) is 18.2 Å². The van der Waals surface area contributed by atoms with Gasteiger partial charge in [-0.05, 0) is 24.3 Å². The highest BCUT2D eigenvalue weighted by molar-refractivity contribution is 6.34. The molecule has 2 rings (SSSR count). The minimum absolute atomic E-state index is 0.0921. The van der Waals surface area contributed by atoms with Crippen molar-refractivity contribution in [1.29, 1.82) is 0 Å². The van der Waals surface area contributed by atoms with Gasteiger partial charge >= 0.3 is 6.18 Å². The minimum atomic E-state index is -4.49. The SMILES string of the molecule is Cn1cc(N)cc1C(=O)Nc1ccc(C(F)(F)F)cc1Cl. The summed E-state index contributed by atoms with van der Waals surface area (Å²) in [6.07, 6.45) is -2.94. The van der Waals surface area contributed by atoms with Gasteiger partial charge in [-0.1, -0.05) is 11.6 Å². The molecule has 1 aromatic heterocycles. The van der Waals surface area contributed by atoms with Crippen LogP contribution in [0, 0.1) is 0 Å². The third-order valence-corrected chi connectivity index (χ3v) is 3.12. The van der Waals surface area contributed by atoms with Gasteiger partial charge in [-0.2, -0.15) is 13.2 Å². The van der Waals surface area contributed by atoms with Crippen LogP contribution < -0.4 is 11.1 Å². The van der Waals surface area contributed by atoms with Gasteiger partial charge in [0.2, 0.25) is 0 Å². The minimum Gasteiger partial charge on any atom is -0.397 e. The second-order valence-corrected chi connectivity index (χ2v) is 4.82. The highest BCUT2D eigenvalue weighted by Crippen LogP contribution is 2.33. The Balaban J connectivity index is 2.24. The number of nitrogens with one attached hydrogen (secondary N) is 1. The summed E-state index contributed by atoms with van der Waals surface area (Å²) in [5.41, 5.74) is 5.44. The number of nitrogens with zero attached hydrogens (tertiary/aromatic N) is 1. The maximum absolute atomic E-state index is 12.5. The van der Waals surface area contributed by atoms with E-state index in [4.69, 9.17) is 17.3 Å². The van der Waals surface area contributed by atoms with E-state index < -0.39 is 17.6 Å². The van der Waals surface area contributed by atoms with Crippen LogP contribution in [0.1, 0.15) is 16.1 Å². The van der Waals surface area contributed by atoms with Crippen molar-refractivity contribution in [2.24, 2.45) is 7.05 Å². The first-order chi connectivity index (χ1) is 9.68. The van der Waals surface area contributed by atoms with Gasteiger partial charge in [-0.25, -0.2) is 0 Å². The monoisotopic (exact) mass is 317 g/mol. The number of hydrogen-bond acceptors (Lipinski definition) is 2. The van der Waals surface area contributed by atoms with Gasteiger partial charge in [0.1, 0.15) is 5.69 Å². The lowest BCUT2D eigenvalue weighted by Gasteiger charge is -2.11. The molecule has 0 aliphatic rings. The fourth-order valence-electron chi connectivity index (χ4n) is 1.79. The number of nitrogens with two attached hydrogens (primary N) is 1. The van der Waals surface area contributed by atoms with E-state index >= 15 is 0 Å². The summed E-state index contributed by atoms with van der Waals surface area (Å²) < 4.78 is 39.1. The Kier molecular flexibility index (Phi) is 3.87. The lowest BCUT2D eigenvalue weighted by Crippen LogP contribution is -2.16. The number of nitrogen functional groups attached to an aromatic ring is 1. The van der Waals surface area contributed by atoms with E-state index in [1.165, 1.54) is 10.6 Å². The van der Waals surface area contributed by atoms with Crippen molar-refractivity contribution in [2.75, 3.05) is 11.1 Å². The predicted molar refractivity (Wildman–Crippen MR) is 74.2 cm³/mol. The Morgan fingerprint density at radius 2 is 2.00 bits per heavy atom. The molecule has 0 spiro atoms. The van der Waals surface area contributed by atoms with E-state index in [1.54, 1.807) is 13.2 Å². The average Bonchev–Trinajstić information content (AvgIpc) is 2.69. The molecule has 0 saturated heterocycles. The van der Waals surface area contributed by atoms with Gasteiger partial charge in [0.15, 0.2) is 0 Å². The average molecular weight is 318 g/mol. The van der Waals surface area contributed by atoms with Crippen LogP contribution in [-0.4, -0.2) is 10.5 Å². The molecule has 0 fully saturated rings. The molecular formula is C13H11ClF3N3O. The number of rotatable bonds is 2. The molecule has 1 aromatic carbocycles. The fraction of sp³-hybridized carbons (Fsp3) is 0.154. The number of hydrogen-bond donors (Lipinski definition) is 2. The van der Waals surface area contributed by atoms with E-state index in [-0.39, 0.29) is 16.4 Å². The predicted octanol–water partition coefficient (Wildman–Crippen LogP) is 3.53. The van der Waals surface area contributed by atoms with Gasteiger partial charge in [0.05, 0.1) is 22.0 Å². The van der Waals surface area contributed by atoms with Gasteiger partial charge in [0, 0.05) is 13.2 Å². The maximum Gasteiger partial charge on any atom is 0.416 e. The Morgan fingerprint density at radius 3 is 2.48 bits per heavy atom. The van der Waals surface area contributed by atoms with Gasteiger partial charge in [-0.15, -0.1) is 0 Å². The zero-order valence-electron chi connectivity index (χ0n) is 10.8. The van der Waals surface area contributed by atoms with Crippen molar-refractivity contribution >= 4 is 28.9 Å². The highest BCUT2D eigenvalue weighted by Gasteiger charge is 2.31. The molecule has 0 atom stereocenters. The first kappa shape index (κ1) is 15.2. The molecule has 0 radical (unpaired) electrons. The van der Waals surface area contributed by atoms with Crippen LogP contribution in [0.25, 0.3) is 0 Å². The zero-order chi connectivity index (χ0) is 15.8. The molecule has 2 aromatic rings. The third-order valence-electron chi connectivity index (χ3n) is 2.80. The Bertz CT molecular complexity index is 694. The number of anilines is 2. The first-order valence-corrected chi connectivity index (χ1v) is 6.16. The lowest BCUT2D eigenvalue weighted by molar-refractivity contribution is -0.137. The molecule has 1 amide bonds. The molecule has 0 aliphatic carbocycles. The van der Waals surface area contributed by atoms with Crippen molar-refractivity contribution in [3.8, 4) is 0 Å². The molecular weight excluding hydrogens is 307 g/mol. The van der Waals surface area contributed by atoms with Gasteiger partial charge in [-0.3, -0.25) is 4.79 Å².